The number of nitrogens with zero attached hydrogens (tertiary/aromatic N) is 1. The summed E-state index contributed by atoms with van der Waals surface area (Å²) in [5, 5.41) is 3.37. The number of methoxy groups -OCH3 is 1. The first-order valence-electron chi connectivity index (χ1n) is 8.94. The first-order valence-corrected chi connectivity index (χ1v) is 8.94. The summed E-state index contributed by atoms with van der Waals surface area (Å²) in [4.78, 5) is 14.9. The fourth-order valence-corrected chi connectivity index (χ4v) is 3.07. The predicted molar refractivity (Wildman–Crippen MR) is 95.1 cm³/mol. The van der Waals surface area contributed by atoms with Gasteiger partial charge in [0.25, 0.3) is 0 Å². The van der Waals surface area contributed by atoms with Crippen LogP contribution < -0.4 is 10.1 Å². The highest BCUT2D eigenvalue weighted by Gasteiger charge is 2.25. The molecule has 1 saturated heterocycles. The van der Waals surface area contributed by atoms with Gasteiger partial charge in [-0.15, -0.1) is 0 Å². The van der Waals surface area contributed by atoms with Crippen molar-refractivity contribution in [1.82, 2.24) is 10.2 Å². The van der Waals surface area contributed by atoms with Crippen molar-refractivity contribution in [3.8, 4) is 5.75 Å². The number of ether oxygens (including phenoxy) is 2. The van der Waals surface area contributed by atoms with Gasteiger partial charge in [0, 0.05) is 26.1 Å². The van der Waals surface area contributed by atoms with Crippen molar-refractivity contribution in [3.05, 3.63) is 29.8 Å². The highest BCUT2D eigenvalue weighted by atomic mass is 16.5. The summed E-state index contributed by atoms with van der Waals surface area (Å²) in [7, 11) is 1.68. The zero-order chi connectivity index (χ0) is 17.2. The Hall–Kier alpha value is -1.59. The van der Waals surface area contributed by atoms with E-state index >= 15 is 0 Å². The van der Waals surface area contributed by atoms with Gasteiger partial charge in [-0.25, -0.2) is 0 Å². The summed E-state index contributed by atoms with van der Waals surface area (Å²) < 4.78 is 10.7. The number of carbonyl (C=O) groups excluding carboxylic acids is 1. The van der Waals surface area contributed by atoms with Crippen LogP contribution in [-0.2, 0) is 16.1 Å². The minimum absolute atomic E-state index is 0.125. The molecule has 5 heteroatoms. The normalized spacial score (nSPS) is 18.0. The number of carbonyl (C=O) groups is 1. The van der Waals surface area contributed by atoms with E-state index in [0.29, 0.717) is 26.3 Å². The Morgan fingerprint density at radius 3 is 2.75 bits per heavy atom. The van der Waals surface area contributed by atoms with E-state index in [0.717, 1.165) is 43.7 Å². The summed E-state index contributed by atoms with van der Waals surface area (Å²) in [5.74, 6) is 1.25. The molecule has 1 heterocycles. The van der Waals surface area contributed by atoms with Crippen molar-refractivity contribution in [2.24, 2.45) is 5.92 Å². The van der Waals surface area contributed by atoms with E-state index in [-0.39, 0.29) is 11.8 Å². The molecule has 1 unspecified atom stereocenters. The molecular weight excluding hydrogens is 304 g/mol. The lowest BCUT2D eigenvalue weighted by Crippen LogP contribution is -2.38. The van der Waals surface area contributed by atoms with E-state index in [2.05, 4.69) is 5.32 Å². The van der Waals surface area contributed by atoms with Crippen molar-refractivity contribution >= 4 is 5.91 Å². The highest BCUT2D eigenvalue weighted by Crippen LogP contribution is 2.19. The van der Waals surface area contributed by atoms with Gasteiger partial charge in [-0.1, -0.05) is 12.1 Å². The molecule has 1 fully saturated rings. The quantitative estimate of drug-likeness (QED) is 0.793. The molecular formula is C19H30N2O3. The standard InChI is InChI=1S/C19H30N2O3/c1-3-24-18-8-6-16(7-9-18)15-21(13-14-23-2)19(22)17-5-4-11-20-12-10-17/h6-9,17,20H,3-5,10-15H2,1-2H3. The van der Waals surface area contributed by atoms with Crippen LogP contribution in [0.3, 0.4) is 0 Å². The van der Waals surface area contributed by atoms with Crippen molar-refractivity contribution in [2.75, 3.05) is 40.0 Å². The second-order valence-electron chi connectivity index (χ2n) is 6.21. The van der Waals surface area contributed by atoms with Crippen molar-refractivity contribution in [2.45, 2.75) is 32.7 Å². The van der Waals surface area contributed by atoms with Gasteiger partial charge in [-0.2, -0.15) is 0 Å². The fraction of sp³-hybridized carbons (Fsp3) is 0.632. The molecule has 1 amide bonds. The van der Waals surface area contributed by atoms with Crippen LogP contribution in [0.2, 0.25) is 0 Å². The Labute approximate surface area is 145 Å². The van der Waals surface area contributed by atoms with Crippen LogP contribution >= 0.6 is 0 Å². The Morgan fingerprint density at radius 2 is 2.04 bits per heavy atom. The maximum Gasteiger partial charge on any atom is 0.226 e. The van der Waals surface area contributed by atoms with Gasteiger partial charge >= 0.3 is 0 Å². The molecule has 1 aromatic carbocycles. The first-order chi connectivity index (χ1) is 11.7. The monoisotopic (exact) mass is 334 g/mol. The van der Waals surface area contributed by atoms with E-state index in [1.54, 1.807) is 7.11 Å². The third-order valence-corrected chi connectivity index (χ3v) is 4.41. The smallest absolute Gasteiger partial charge is 0.226 e. The molecule has 5 nitrogen and oxygen atoms in total. The molecule has 1 N–H and O–H groups in total. The van der Waals surface area contributed by atoms with Crippen molar-refractivity contribution in [1.29, 1.82) is 0 Å². The molecule has 0 radical (unpaired) electrons. The third-order valence-electron chi connectivity index (χ3n) is 4.41. The Morgan fingerprint density at radius 1 is 1.25 bits per heavy atom. The van der Waals surface area contributed by atoms with Crippen molar-refractivity contribution < 1.29 is 14.3 Å². The lowest BCUT2D eigenvalue weighted by molar-refractivity contribution is -0.137. The highest BCUT2D eigenvalue weighted by molar-refractivity contribution is 5.79. The lowest BCUT2D eigenvalue weighted by atomic mass is 9.98. The van der Waals surface area contributed by atoms with Crippen LogP contribution in [0, 0.1) is 5.92 Å². The summed E-state index contributed by atoms with van der Waals surface area (Å²) in [5.41, 5.74) is 1.12. The average Bonchev–Trinajstić information content (AvgIpc) is 2.89. The zero-order valence-corrected chi connectivity index (χ0v) is 14.9. The van der Waals surface area contributed by atoms with Crippen LogP contribution in [0.25, 0.3) is 0 Å². The fourth-order valence-electron chi connectivity index (χ4n) is 3.07. The average molecular weight is 334 g/mol. The van der Waals surface area contributed by atoms with Gasteiger partial charge < -0.3 is 19.7 Å². The largest absolute Gasteiger partial charge is 0.494 e. The van der Waals surface area contributed by atoms with Gasteiger partial charge in [0.1, 0.15) is 5.75 Å². The summed E-state index contributed by atoms with van der Waals surface area (Å²) >= 11 is 0. The Kier molecular flexibility index (Phi) is 8.05. The van der Waals surface area contributed by atoms with Gasteiger partial charge in [0.2, 0.25) is 5.91 Å². The SMILES string of the molecule is CCOc1ccc(CN(CCOC)C(=O)C2CCCNCC2)cc1. The predicted octanol–water partition coefficient (Wildman–Crippen LogP) is 2.45. The second kappa shape index (κ2) is 10.3. The zero-order valence-electron chi connectivity index (χ0n) is 14.9. The number of hydrogen-bond acceptors (Lipinski definition) is 4. The van der Waals surface area contributed by atoms with E-state index in [1.165, 1.54) is 0 Å². The molecule has 1 aliphatic rings. The van der Waals surface area contributed by atoms with Crippen LogP contribution in [0.1, 0.15) is 31.7 Å². The second-order valence-corrected chi connectivity index (χ2v) is 6.21. The van der Waals surface area contributed by atoms with Gasteiger partial charge in [-0.3, -0.25) is 4.79 Å². The molecule has 0 bridgehead atoms. The molecule has 0 aliphatic carbocycles. The molecule has 2 rings (SSSR count). The van der Waals surface area contributed by atoms with Crippen LogP contribution in [0.15, 0.2) is 24.3 Å². The molecule has 0 spiro atoms. The van der Waals surface area contributed by atoms with Gasteiger partial charge in [0.05, 0.1) is 13.2 Å². The molecule has 0 aromatic heterocycles. The molecule has 1 aliphatic heterocycles. The third kappa shape index (κ3) is 5.80. The minimum Gasteiger partial charge on any atom is -0.494 e. The number of benzene rings is 1. The molecule has 134 valence electrons. The van der Waals surface area contributed by atoms with Crippen LogP contribution in [0.5, 0.6) is 5.75 Å². The summed E-state index contributed by atoms with van der Waals surface area (Å²) in [6, 6.07) is 8.00. The summed E-state index contributed by atoms with van der Waals surface area (Å²) in [6.45, 7) is 6.39. The van der Waals surface area contributed by atoms with Crippen LogP contribution in [-0.4, -0.2) is 50.8 Å². The maximum atomic E-state index is 12.9. The maximum absolute atomic E-state index is 12.9. The number of amides is 1. The number of hydrogen-bond donors (Lipinski definition) is 1. The van der Waals surface area contributed by atoms with E-state index in [1.807, 2.05) is 36.1 Å². The van der Waals surface area contributed by atoms with E-state index in [4.69, 9.17) is 9.47 Å². The minimum atomic E-state index is 0.125. The Balaban J connectivity index is 2.01. The number of nitrogens with one attached hydrogen (secondary N) is 1. The Bertz CT molecular complexity index is 482. The number of rotatable bonds is 8. The van der Waals surface area contributed by atoms with Crippen molar-refractivity contribution in [3.63, 3.8) is 0 Å². The molecule has 24 heavy (non-hydrogen) atoms. The molecule has 1 aromatic rings. The van der Waals surface area contributed by atoms with Crippen LogP contribution in [0.4, 0.5) is 0 Å². The van der Waals surface area contributed by atoms with Gasteiger partial charge in [-0.05, 0) is 57.0 Å². The lowest BCUT2D eigenvalue weighted by Gasteiger charge is -2.27. The van der Waals surface area contributed by atoms with E-state index in [9.17, 15) is 4.79 Å². The molecule has 1 atom stereocenters. The first kappa shape index (κ1) is 18.7. The molecule has 0 saturated carbocycles. The topological polar surface area (TPSA) is 50.8 Å². The van der Waals surface area contributed by atoms with E-state index < -0.39 is 0 Å². The van der Waals surface area contributed by atoms with Gasteiger partial charge in [0.15, 0.2) is 0 Å². The summed E-state index contributed by atoms with van der Waals surface area (Å²) in [6.07, 6.45) is 2.96.